The Morgan fingerprint density at radius 3 is 2.58 bits per heavy atom. The molecule has 2 aliphatic rings. The standard InChI is InChI=1S/C36H31F7N10O2S2/c1-52-29-20(4-3-5-21(29)32(50-52)51-56-2)23-13-25-33(48-34(57-25)45-19-12-26(54)44-14-19)47-28(23)24(10-16-8-17(37)11-18(38)9-16)46-27(55)15-53-31-22(6-7-35(31,39)40)30(49-53)36(41,42)43/h3-5,8-9,11,13,19,24H,6-7,10,12,14-15H2,1-2H3,(H,44,54)(H,46,55)(H,50,51)(H,45,47,48). The summed E-state index contributed by atoms with van der Waals surface area (Å²) >= 11 is 2.58. The van der Waals surface area contributed by atoms with Crippen molar-refractivity contribution in [3.8, 4) is 11.1 Å². The van der Waals surface area contributed by atoms with Gasteiger partial charge in [0.15, 0.2) is 22.3 Å². The van der Waals surface area contributed by atoms with Gasteiger partial charge in [-0.15, -0.1) is 0 Å². The number of halogens is 7. The molecule has 1 aliphatic heterocycles. The average molecular weight is 833 g/mol. The number of anilines is 2. The van der Waals surface area contributed by atoms with Gasteiger partial charge in [0.1, 0.15) is 23.9 Å². The number of carbonyl (C=O) groups excluding carboxylic acids is 2. The molecule has 8 rings (SSSR count). The molecule has 2 amide bonds. The summed E-state index contributed by atoms with van der Waals surface area (Å²) in [4.78, 5) is 35.3. The van der Waals surface area contributed by atoms with Gasteiger partial charge in [0.2, 0.25) is 11.8 Å². The number of alkyl halides is 5. The predicted molar refractivity (Wildman–Crippen MR) is 200 cm³/mol. The molecule has 12 nitrogen and oxygen atoms in total. The quantitative estimate of drug-likeness (QED) is 0.0813. The van der Waals surface area contributed by atoms with Crippen LogP contribution in [0.2, 0.25) is 0 Å². The summed E-state index contributed by atoms with van der Waals surface area (Å²) in [6, 6.07) is 8.50. The third-order valence-corrected chi connectivity index (χ3v) is 11.1. The van der Waals surface area contributed by atoms with Gasteiger partial charge in [-0.1, -0.05) is 35.4 Å². The first kappa shape index (κ1) is 38.4. The Bertz CT molecular complexity index is 2550. The van der Waals surface area contributed by atoms with E-state index in [0.717, 1.165) is 17.5 Å². The van der Waals surface area contributed by atoms with Crippen LogP contribution in [0, 0.1) is 11.6 Å². The Kier molecular flexibility index (Phi) is 9.77. The number of aromatic nitrogens is 6. The van der Waals surface area contributed by atoms with Crippen LogP contribution >= 0.6 is 23.3 Å². The third kappa shape index (κ3) is 7.44. The Labute approximate surface area is 326 Å². The maximum Gasteiger partial charge on any atom is 0.435 e. The highest BCUT2D eigenvalue weighted by Crippen LogP contribution is 2.46. The molecule has 0 saturated carbocycles. The fourth-order valence-electron chi connectivity index (χ4n) is 7.47. The number of nitrogens with one attached hydrogen (secondary N) is 4. The molecular formula is C36H31F7N10O2S2. The molecule has 21 heteroatoms. The van der Waals surface area contributed by atoms with Gasteiger partial charge in [0, 0.05) is 60.8 Å². The van der Waals surface area contributed by atoms with E-state index in [0.29, 0.717) is 49.6 Å². The highest BCUT2D eigenvalue weighted by atomic mass is 32.2. The normalized spacial score (nSPS) is 16.9. The summed E-state index contributed by atoms with van der Waals surface area (Å²) in [7, 11) is 1.73. The highest BCUT2D eigenvalue weighted by Gasteiger charge is 2.50. The monoisotopic (exact) mass is 832 g/mol. The second kappa shape index (κ2) is 14.5. The first-order valence-electron chi connectivity index (χ1n) is 17.5. The van der Waals surface area contributed by atoms with E-state index >= 15 is 8.78 Å². The molecule has 0 bridgehead atoms. The van der Waals surface area contributed by atoms with Gasteiger partial charge in [-0.3, -0.25) is 19.0 Å². The summed E-state index contributed by atoms with van der Waals surface area (Å²) in [6.07, 6.45) is -4.74. The van der Waals surface area contributed by atoms with Crippen molar-refractivity contribution < 1.29 is 40.3 Å². The lowest BCUT2D eigenvalue weighted by molar-refractivity contribution is -0.142. The molecule has 2 atom stereocenters. The molecule has 4 N–H and O–H groups in total. The average Bonchev–Trinajstić information content (AvgIpc) is 3.94. The van der Waals surface area contributed by atoms with Crippen LogP contribution in [0.3, 0.4) is 0 Å². The number of thiazole rings is 1. The number of amides is 2. The van der Waals surface area contributed by atoms with Crippen molar-refractivity contribution in [2.24, 2.45) is 7.05 Å². The van der Waals surface area contributed by atoms with Crippen molar-refractivity contribution >= 4 is 67.3 Å². The molecule has 6 aromatic rings. The number of carbonyl (C=O) groups is 2. The van der Waals surface area contributed by atoms with E-state index in [9.17, 15) is 31.5 Å². The maximum atomic E-state index is 15.0. The molecule has 298 valence electrons. The number of hydrogen-bond acceptors (Lipinski definition) is 10. The number of pyridine rings is 1. The molecular weight excluding hydrogens is 802 g/mol. The second-order valence-corrected chi connectivity index (χ2v) is 15.4. The lowest BCUT2D eigenvalue weighted by Gasteiger charge is -2.23. The van der Waals surface area contributed by atoms with E-state index in [1.807, 2.05) is 12.3 Å². The van der Waals surface area contributed by atoms with E-state index in [1.54, 1.807) is 29.9 Å². The number of fused-ring (bicyclic) bond motifs is 3. The second-order valence-electron chi connectivity index (χ2n) is 13.7. The first-order valence-corrected chi connectivity index (χ1v) is 19.5. The van der Waals surface area contributed by atoms with Crippen LogP contribution in [0.1, 0.15) is 47.1 Å². The Balaban J connectivity index is 1.27. The van der Waals surface area contributed by atoms with E-state index < -0.39 is 72.0 Å². The van der Waals surface area contributed by atoms with Gasteiger partial charge in [-0.2, -0.15) is 32.1 Å². The van der Waals surface area contributed by atoms with Crippen LogP contribution in [0.15, 0.2) is 42.5 Å². The van der Waals surface area contributed by atoms with E-state index in [-0.39, 0.29) is 41.7 Å². The highest BCUT2D eigenvalue weighted by molar-refractivity contribution is 7.99. The molecule has 1 saturated heterocycles. The first-order chi connectivity index (χ1) is 27.1. The number of hydrogen-bond donors (Lipinski definition) is 4. The molecule has 1 fully saturated rings. The van der Waals surface area contributed by atoms with Crippen LogP contribution in [0.25, 0.3) is 32.4 Å². The van der Waals surface area contributed by atoms with Gasteiger partial charge in [-0.05, 0) is 42.7 Å². The summed E-state index contributed by atoms with van der Waals surface area (Å²) in [5.74, 6) is -6.07. The fourth-order valence-corrected chi connectivity index (χ4v) is 8.74. The topological polar surface area (TPSA) is 144 Å². The smallest absolute Gasteiger partial charge is 0.356 e. The van der Waals surface area contributed by atoms with Gasteiger partial charge in [-0.25, -0.2) is 18.7 Å². The van der Waals surface area contributed by atoms with Crippen molar-refractivity contribution in [3.05, 3.63) is 82.3 Å². The molecule has 2 unspecified atom stereocenters. The SMILES string of the molecule is CSNc1nn(C)c2c(-c3cc4sc(NC5CNC(=O)C5)nc4nc3C(Cc3cc(F)cc(F)c3)NC(=O)Cn3nc(C(F)(F)F)c4c3C(F)(F)CC4)cccc12. The van der Waals surface area contributed by atoms with E-state index in [2.05, 4.69) is 35.9 Å². The molecule has 4 aromatic heterocycles. The van der Waals surface area contributed by atoms with Crippen LogP contribution in [-0.4, -0.2) is 60.2 Å². The number of para-hydroxylation sites is 1. The largest absolute Gasteiger partial charge is 0.435 e. The zero-order valence-electron chi connectivity index (χ0n) is 29.9. The number of rotatable bonds is 11. The van der Waals surface area contributed by atoms with Crippen molar-refractivity contribution in [3.63, 3.8) is 0 Å². The van der Waals surface area contributed by atoms with Gasteiger partial charge < -0.3 is 20.7 Å². The van der Waals surface area contributed by atoms with Gasteiger partial charge in [0.05, 0.1) is 28.0 Å². The van der Waals surface area contributed by atoms with E-state index in [4.69, 9.17) is 4.98 Å². The van der Waals surface area contributed by atoms with Crippen LogP contribution < -0.4 is 20.7 Å². The minimum absolute atomic E-state index is 0.0840. The van der Waals surface area contributed by atoms with Crippen molar-refractivity contribution in [2.75, 3.05) is 22.8 Å². The Morgan fingerprint density at radius 2 is 1.88 bits per heavy atom. The lowest BCUT2D eigenvalue weighted by atomic mass is 9.94. The Morgan fingerprint density at radius 1 is 1.11 bits per heavy atom. The van der Waals surface area contributed by atoms with Gasteiger partial charge in [0.25, 0.3) is 5.92 Å². The molecule has 1 aliphatic carbocycles. The molecule has 2 aromatic carbocycles. The summed E-state index contributed by atoms with van der Waals surface area (Å²) in [5, 5.41) is 17.9. The van der Waals surface area contributed by atoms with Crippen molar-refractivity contribution in [2.45, 2.75) is 56.4 Å². The molecule has 0 radical (unpaired) electrons. The fraction of sp³-hybridized carbons (Fsp3) is 0.333. The number of benzene rings is 2. The van der Waals surface area contributed by atoms with Crippen molar-refractivity contribution in [1.82, 2.24) is 40.2 Å². The lowest BCUT2D eigenvalue weighted by Crippen LogP contribution is -2.35. The molecule has 5 heterocycles. The summed E-state index contributed by atoms with van der Waals surface area (Å²) in [5.41, 5.74) is -1.05. The number of aryl methyl sites for hydroxylation is 1. The maximum absolute atomic E-state index is 15.0. The minimum atomic E-state index is -5.05. The summed E-state index contributed by atoms with van der Waals surface area (Å²) in [6.45, 7) is -0.652. The van der Waals surface area contributed by atoms with E-state index in [1.165, 1.54) is 23.3 Å². The van der Waals surface area contributed by atoms with Gasteiger partial charge >= 0.3 is 6.18 Å². The number of nitrogens with zero attached hydrogens (tertiary/aromatic N) is 6. The summed E-state index contributed by atoms with van der Waals surface area (Å²) < 4.78 is 107. The predicted octanol–water partition coefficient (Wildman–Crippen LogP) is 6.87. The zero-order chi connectivity index (χ0) is 40.4. The van der Waals surface area contributed by atoms with Crippen LogP contribution in [-0.2, 0) is 48.1 Å². The molecule has 0 spiro atoms. The van der Waals surface area contributed by atoms with Crippen LogP contribution in [0.4, 0.5) is 41.7 Å². The third-order valence-electron chi connectivity index (χ3n) is 9.75. The van der Waals surface area contributed by atoms with Crippen LogP contribution in [0.5, 0.6) is 0 Å². The van der Waals surface area contributed by atoms with Crippen molar-refractivity contribution in [1.29, 1.82) is 0 Å². The minimum Gasteiger partial charge on any atom is -0.356 e. The molecule has 57 heavy (non-hydrogen) atoms. The zero-order valence-corrected chi connectivity index (χ0v) is 31.5. The Hall–Kier alpha value is -5.44.